The minimum absolute atomic E-state index is 0.0544. The standard InChI is InChI=1S/C28H31N3O2/c1-20-8-4-5-9-24(20)27(32)29-23-14-12-22(13-15-23)21(2)25-10-6-7-11-26(25)28(33)31-18-16-30(3)17-19-31/h4-15,21H,16-19H2,1-3H3,(H,29,32). The molecule has 0 saturated carbocycles. The second kappa shape index (κ2) is 10.0. The summed E-state index contributed by atoms with van der Waals surface area (Å²) < 4.78 is 0. The summed E-state index contributed by atoms with van der Waals surface area (Å²) in [5, 5.41) is 2.98. The monoisotopic (exact) mass is 441 g/mol. The molecule has 5 nitrogen and oxygen atoms in total. The number of benzene rings is 3. The van der Waals surface area contributed by atoms with Crippen LogP contribution in [-0.4, -0.2) is 54.8 Å². The van der Waals surface area contributed by atoms with E-state index < -0.39 is 0 Å². The third-order valence-corrected chi connectivity index (χ3v) is 6.51. The van der Waals surface area contributed by atoms with Crippen molar-refractivity contribution in [3.8, 4) is 0 Å². The molecule has 170 valence electrons. The molecule has 0 radical (unpaired) electrons. The molecule has 1 fully saturated rings. The number of likely N-dealkylation sites (N-methyl/N-ethyl adjacent to an activating group) is 1. The number of carbonyl (C=O) groups excluding carboxylic acids is 2. The molecular weight excluding hydrogens is 410 g/mol. The van der Waals surface area contributed by atoms with E-state index in [0.717, 1.165) is 54.1 Å². The molecule has 4 rings (SSSR count). The predicted molar refractivity (Wildman–Crippen MR) is 133 cm³/mol. The Kier molecular flexibility index (Phi) is 6.90. The first kappa shape index (κ1) is 22.7. The maximum atomic E-state index is 13.3. The fourth-order valence-corrected chi connectivity index (χ4v) is 4.31. The van der Waals surface area contributed by atoms with Crippen molar-refractivity contribution in [2.24, 2.45) is 0 Å². The minimum Gasteiger partial charge on any atom is -0.336 e. The van der Waals surface area contributed by atoms with Gasteiger partial charge in [0.25, 0.3) is 11.8 Å². The number of anilines is 1. The number of hydrogen-bond acceptors (Lipinski definition) is 3. The van der Waals surface area contributed by atoms with E-state index in [1.807, 2.05) is 84.6 Å². The summed E-state index contributed by atoms with van der Waals surface area (Å²) >= 11 is 0. The number of carbonyl (C=O) groups is 2. The summed E-state index contributed by atoms with van der Waals surface area (Å²) in [5.41, 5.74) is 5.27. The topological polar surface area (TPSA) is 52.7 Å². The van der Waals surface area contributed by atoms with Crippen LogP contribution >= 0.6 is 0 Å². The van der Waals surface area contributed by atoms with E-state index in [9.17, 15) is 9.59 Å². The summed E-state index contributed by atoms with van der Waals surface area (Å²) in [6.45, 7) is 7.37. The molecule has 33 heavy (non-hydrogen) atoms. The SMILES string of the molecule is Cc1ccccc1C(=O)Nc1ccc(C(C)c2ccccc2C(=O)N2CCN(C)CC2)cc1. The van der Waals surface area contributed by atoms with Crippen molar-refractivity contribution in [2.45, 2.75) is 19.8 Å². The van der Waals surface area contributed by atoms with E-state index in [1.54, 1.807) is 0 Å². The molecule has 0 spiro atoms. The molecule has 1 saturated heterocycles. The minimum atomic E-state index is -0.114. The smallest absolute Gasteiger partial charge is 0.255 e. The lowest BCUT2D eigenvalue weighted by Gasteiger charge is -2.33. The Morgan fingerprint density at radius 3 is 2.09 bits per heavy atom. The molecule has 1 aliphatic heterocycles. The van der Waals surface area contributed by atoms with E-state index in [4.69, 9.17) is 0 Å². The lowest BCUT2D eigenvalue weighted by molar-refractivity contribution is 0.0662. The number of nitrogens with one attached hydrogen (secondary N) is 1. The third-order valence-electron chi connectivity index (χ3n) is 6.51. The fraction of sp³-hybridized carbons (Fsp3) is 0.286. The highest BCUT2D eigenvalue weighted by molar-refractivity contribution is 6.05. The van der Waals surface area contributed by atoms with Crippen LogP contribution in [0.3, 0.4) is 0 Å². The Balaban J connectivity index is 1.50. The van der Waals surface area contributed by atoms with Crippen LogP contribution in [0.25, 0.3) is 0 Å². The van der Waals surface area contributed by atoms with Crippen LogP contribution in [0.5, 0.6) is 0 Å². The van der Waals surface area contributed by atoms with Crippen LogP contribution in [0, 0.1) is 6.92 Å². The molecule has 1 unspecified atom stereocenters. The molecule has 5 heteroatoms. The molecule has 3 aromatic rings. The highest BCUT2D eigenvalue weighted by Crippen LogP contribution is 2.29. The highest BCUT2D eigenvalue weighted by atomic mass is 16.2. The zero-order valence-corrected chi connectivity index (χ0v) is 19.5. The van der Waals surface area contributed by atoms with Crippen LogP contribution in [0.2, 0.25) is 0 Å². The maximum absolute atomic E-state index is 13.3. The van der Waals surface area contributed by atoms with Crippen LogP contribution in [0.15, 0.2) is 72.8 Å². The molecule has 3 aromatic carbocycles. The molecule has 2 amide bonds. The van der Waals surface area contributed by atoms with Gasteiger partial charge in [-0.25, -0.2) is 0 Å². The normalized spacial score (nSPS) is 15.2. The van der Waals surface area contributed by atoms with Gasteiger partial charge in [0.2, 0.25) is 0 Å². The summed E-state index contributed by atoms with van der Waals surface area (Å²) in [6.07, 6.45) is 0. The van der Waals surface area contributed by atoms with Crippen molar-refractivity contribution < 1.29 is 9.59 Å². The Bertz CT molecular complexity index is 1130. The second-order valence-corrected chi connectivity index (χ2v) is 8.80. The van der Waals surface area contributed by atoms with Gasteiger partial charge in [0.1, 0.15) is 0 Å². The van der Waals surface area contributed by atoms with Gasteiger partial charge >= 0.3 is 0 Å². The summed E-state index contributed by atoms with van der Waals surface area (Å²) in [4.78, 5) is 30.1. The molecular formula is C28H31N3O2. The molecule has 0 bridgehead atoms. The molecule has 0 aliphatic carbocycles. The van der Waals surface area contributed by atoms with Gasteiger partial charge < -0.3 is 15.1 Å². The number of rotatable bonds is 5. The van der Waals surface area contributed by atoms with Crippen molar-refractivity contribution in [3.05, 3.63) is 101 Å². The molecule has 1 N–H and O–H groups in total. The van der Waals surface area contributed by atoms with Gasteiger partial charge in [-0.05, 0) is 54.9 Å². The molecule has 1 heterocycles. The lowest BCUT2D eigenvalue weighted by atomic mass is 9.89. The Labute approximate surface area is 196 Å². The van der Waals surface area contributed by atoms with Crippen molar-refractivity contribution in [1.82, 2.24) is 9.80 Å². The average Bonchev–Trinajstić information content (AvgIpc) is 2.84. The highest BCUT2D eigenvalue weighted by Gasteiger charge is 2.24. The number of nitrogens with zero attached hydrogens (tertiary/aromatic N) is 2. The van der Waals surface area contributed by atoms with Gasteiger partial charge in [0.05, 0.1) is 0 Å². The average molecular weight is 442 g/mol. The van der Waals surface area contributed by atoms with E-state index >= 15 is 0 Å². The van der Waals surface area contributed by atoms with Crippen LogP contribution in [0.1, 0.15) is 50.2 Å². The molecule has 1 atom stereocenters. The lowest BCUT2D eigenvalue weighted by Crippen LogP contribution is -2.47. The number of hydrogen-bond donors (Lipinski definition) is 1. The van der Waals surface area contributed by atoms with E-state index in [0.29, 0.717) is 5.56 Å². The zero-order chi connectivity index (χ0) is 23.4. The first-order valence-corrected chi connectivity index (χ1v) is 11.5. The van der Waals surface area contributed by atoms with Gasteiger partial charge in [-0.1, -0.05) is 55.5 Å². The summed E-state index contributed by atoms with van der Waals surface area (Å²) in [7, 11) is 2.09. The summed E-state index contributed by atoms with van der Waals surface area (Å²) in [5.74, 6) is 0.0448. The third kappa shape index (κ3) is 5.15. The zero-order valence-electron chi connectivity index (χ0n) is 19.5. The van der Waals surface area contributed by atoms with Crippen LogP contribution in [0.4, 0.5) is 5.69 Å². The summed E-state index contributed by atoms with van der Waals surface area (Å²) in [6, 6.07) is 23.3. The van der Waals surface area contributed by atoms with Gasteiger partial charge in [-0.3, -0.25) is 9.59 Å². The first-order chi connectivity index (χ1) is 15.9. The first-order valence-electron chi connectivity index (χ1n) is 11.5. The number of amides is 2. The predicted octanol–water partition coefficient (Wildman–Crippen LogP) is 4.79. The second-order valence-electron chi connectivity index (χ2n) is 8.80. The van der Waals surface area contributed by atoms with Gasteiger partial charge in [-0.2, -0.15) is 0 Å². The number of piperazine rings is 1. The fourth-order valence-electron chi connectivity index (χ4n) is 4.31. The van der Waals surface area contributed by atoms with Crippen molar-refractivity contribution in [3.63, 3.8) is 0 Å². The largest absolute Gasteiger partial charge is 0.336 e. The van der Waals surface area contributed by atoms with E-state index in [1.165, 1.54) is 0 Å². The van der Waals surface area contributed by atoms with E-state index in [-0.39, 0.29) is 17.7 Å². The Morgan fingerprint density at radius 2 is 1.42 bits per heavy atom. The van der Waals surface area contributed by atoms with Crippen LogP contribution < -0.4 is 5.32 Å². The van der Waals surface area contributed by atoms with Gasteiger partial charge in [-0.15, -0.1) is 0 Å². The van der Waals surface area contributed by atoms with Crippen molar-refractivity contribution >= 4 is 17.5 Å². The van der Waals surface area contributed by atoms with Gasteiger partial charge in [0, 0.05) is 48.9 Å². The van der Waals surface area contributed by atoms with Crippen molar-refractivity contribution in [2.75, 3.05) is 38.5 Å². The van der Waals surface area contributed by atoms with Gasteiger partial charge in [0.15, 0.2) is 0 Å². The Morgan fingerprint density at radius 1 is 0.818 bits per heavy atom. The quantitative estimate of drug-likeness (QED) is 0.620. The molecule has 1 aliphatic rings. The Hall–Kier alpha value is -3.44. The molecule has 0 aromatic heterocycles. The number of aryl methyl sites for hydroxylation is 1. The van der Waals surface area contributed by atoms with Crippen molar-refractivity contribution in [1.29, 1.82) is 0 Å². The maximum Gasteiger partial charge on any atom is 0.255 e. The van der Waals surface area contributed by atoms with Crippen LogP contribution in [-0.2, 0) is 0 Å². The van der Waals surface area contributed by atoms with E-state index in [2.05, 4.69) is 24.2 Å².